The lowest BCUT2D eigenvalue weighted by Crippen LogP contribution is -2.40. The second-order valence-electron chi connectivity index (χ2n) is 5.35. The van der Waals surface area contributed by atoms with Crippen LogP contribution in [0.25, 0.3) is 11.1 Å². The maximum absolute atomic E-state index is 11.7. The summed E-state index contributed by atoms with van der Waals surface area (Å²) in [6.07, 6.45) is 3.56. The Morgan fingerprint density at radius 3 is 2.05 bits per heavy atom. The number of rotatable bonds is 4. The van der Waals surface area contributed by atoms with Gasteiger partial charge in [-0.1, -0.05) is 24.3 Å². The average molecular weight is 283 g/mol. The molecule has 2 rings (SSSR count). The van der Waals surface area contributed by atoms with E-state index in [-0.39, 0.29) is 18.1 Å². The summed E-state index contributed by atoms with van der Waals surface area (Å²) in [5.41, 5.74) is 3.35. The largest absolute Gasteiger partial charge is 0.336 e. The SMILES string of the molecule is CC(C)NC(=O)N[C@@H](C)c1ccc(-c2ccncc2)cc1. The number of amides is 2. The zero-order valence-corrected chi connectivity index (χ0v) is 12.6. The van der Waals surface area contributed by atoms with Gasteiger partial charge in [0.2, 0.25) is 0 Å². The van der Waals surface area contributed by atoms with Crippen molar-refractivity contribution in [3.05, 3.63) is 54.4 Å². The molecule has 0 radical (unpaired) electrons. The van der Waals surface area contributed by atoms with Gasteiger partial charge in [-0.2, -0.15) is 0 Å². The fourth-order valence-electron chi connectivity index (χ4n) is 2.09. The van der Waals surface area contributed by atoms with Gasteiger partial charge < -0.3 is 10.6 Å². The highest BCUT2D eigenvalue weighted by Crippen LogP contribution is 2.21. The molecule has 1 aromatic heterocycles. The molecule has 1 heterocycles. The predicted octanol–water partition coefficient (Wildman–Crippen LogP) is 3.52. The third-order valence-electron chi connectivity index (χ3n) is 3.19. The van der Waals surface area contributed by atoms with Gasteiger partial charge in [0.25, 0.3) is 0 Å². The minimum absolute atomic E-state index is 0.0322. The van der Waals surface area contributed by atoms with Crippen molar-refractivity contribution in [1.29, 1.82) is 0 Å². The van der Waals surface area contributed by atoms with E-state index in [1.807, 2.05) is 45.0 Å². The summed E-state index contributed by atoms with van der Waals surface area (Å²) >= 11 is 0. The van der Waals surface area contributed by atoms with Gasteiger partial charge in [0.05, 0.1) is 6.04 Å². The average Bonchev–Trinajstić information content (AvgIpc) is 2.47. The van der Waals surface area contributed by atoms with Crippen LogP contribution in [0.4, 0.5) is 4.79 Å². The van der Waals surface area contributed by atoms with Crippen molar-refractivity contribution in [1.82, 2.24) is 15.6 Å². The van der Waals surface area contributed by atoms with Crippen LogP contribution in [0.15, 0.2) is 48.8 Å². The summed E-state index contributed by atoms with van der Waals surface area (Å²) in [7, 11) is 0. The molecule has 4 heteroatoms. The molecule has 0 fully saturated rings. The minimum atomic E-state index is -0.143. The molecule has 2 aromatic rings. The van der Waals surface area contributed by atoms with Crippen molar-refractivity contribution in [2.75, 3.05) is 0 Å². The van der Waals surface area contributed by atoms with Crippen molar-refractivity contribution >= 4 is 6.03 Å². The van der Waals surface area contributed by atoms with Gasteiger partial charge in [-0.05, 0) is 49.6 Å². The second-order valence-corrected chi connectivity index (χ2v) is 5.35. The quantitative estimate of drug-likeness (QED) is 0.902. The molecule has 0 spiro atoms. The molecule has 2 amide bonds. The first-order valence-corrected chi connectivity index (χ1v) is 7.13. The van der Waals surface area contributed by atoms with Gasteiger partial charge in [0, 0.05) is 18.4 Å². The molecule has 0 aliphatic carbocycles. The zero-order chi connectivity index (χ0) is 15.2. The Morgan fingerprint density at radius 1 is 0.905 bits per heavy atom. The van der Waals surface area contributed by atoms with E-state index in [4.69, 9.17) is 0 Å². The molecule has 0 aliphatic rings. The van der Waals surface area contributed by atoms with E-state index in [0.717, 1.165) is 16.7 Å². The number of urea groups is 1. The third-order valence-corrected chi connectivity index (χ3v) is 3.19. The summed E-state index contributed by atoms with van der Waals surface area (Å²) in [6.45, 7) is 5.85. The highest BCUT2D eigenvalue weighted by atomic mass is 16.2. The van der Waals surface area contributed by atoms with E-state index >= 15 is 0 Å². The molecule has 4 nitrogen and oxygen atoms in total. The molecule has 1 aromatic carbocycles. The van der Waals surface area contributed by atoms with Crippen LogP contribution in [0.3, 0.4) is 0 Å². The summed E-state index contributed by atoms with van der Waals surface area (Å²) in [5, 5.41) is 5.75. The van der Waals surface area contributed by atoms with Crippen molar-refractivity contribution in [3.8, 4) is 11.1 Å². The standard InChI is InChI=1S/C17H21N3O/c1-12(2)19-17(21)20-13(3)14-4-6-15(7-5-14)16-8-10-18-11-9-16/h4-13H,1-3H3,(H2,19,20,21)/t13-/m0/s1. The summed E-state index contributed by atoms with van der Waals surface area (Å²) < 4.78 is 0. The van der Waals surface area contributed by atoms with Crippen LogP contribution < -0.4 is 10.6 Å². The number of benzene rings is 1. The normalized spacial score (nSPS) is 12.0. The first kappa shape index (κ1) is 15.0. The van der Waals surface area contributed by atoms with E-state index in [2.05, 4.69) is 27.8 Å². The van der Waals surface area contributed by atoms with Gasteiger partial charge in [0.15, 0.2) is 0 Å². The summed E-state index contributed by atoms with van der Waals surface area (Å²) in [6, 6.07) is 12.1. The van der Waals surface area contributed by atoms with Crippen LogP contribution in [0.2, 0.25) is 0 Å². The van der Waals surface area contributed by atoms with Crippen LogP contribution in [0.1, 0.15) is 32.4 Å². The molecule has 2 N–H and O–H groups in total. The number of nitrogens with one attached hydrogen (secondary N) is 2. The number of carbonyl (C=O) groups is 1. The molecule has 110 valence electrons. The smallest absolute Gasteiger partial charge is 0.315 e. The van der Waals surface area contributed by atoms with Crippen LogP contribution in [-0.2, 0) is 0 Å². The molecule has 0 unspecified atom stereocenters. The Morgan fingerprint density at radius 2 is 1.48 bits per heavy atom. The Labute approximate surface area is 125 Å². The van der Waals surface area contributed by atoms with E-state index in [9.17, 15) is 4.79 Å². The number of hydrogen-bond acceptors (Lipinski definition) is 2. The topological polar surface area (TPSA) is 54.0 Å². The van der Waals surface area contributed by atoms with Crippen LogP contribution in [0, 0.1) is 0 Å². The lowest BCUT2D eigenvalue weighted by molar-refractivity contribution is 0.235. The lowest BCUT2D eigenvalue weighted by atomic mass is 10.0. The van der Waals surface area contributed by atoms with E-state index < -0.39 is 0 Å². The number of aromatic nitrogens is 1. The number of carbonyl (C=O) groups excluding carboxylic acids is 1. The van der Waals surface area contributed by atoms with Crippen molar-refractivity contribution < 1.29 is 4.79 Å². The number of nitrogens with zero attached hydrogens (tertiary/aromatic N) is 1. The van der Waals surface area contributed by atoms with Gasteiger partial charge in [-0.3, -0.25) is 4.98 Å². The Kier molecular flexibility index (Phi) is 4.93. The van der Waals surface area contributed by atoms with E-state index in [1.165, 1.54) is 0 Å². The molecule has 0 bridgehead atoms. The number of pyridine rings is 1. The van der Waals surface area contributed by atoms with Gasteiger partial charge >= 0.3 is 6.03 Å². The van der Waals surface area contributed by atoms with E-state index in [1.54, 1.807) is 12.4 Å². The molecule has 0 saturated carbocycles. The second kappa shape index (κ2) is 6.88. The first-order valence-electron chi connectivity index (χ1n) is 7.13. The Bertz CT molecular complexity index is 579. The predicted molar refractivity (Wildman–Crippen MR) is 84.9 cm³/mol. The molecule has 0 saturated heterocycles. The van der Waals surface area contributed by atoms with Crippen molar-refractivity contribution in [3.63, 3.8) is 0 Å². The van der Waals surface area contributed by atoms with E-state index in [0.29, 0.717) is 0 Å². The summed E-state index contributed by atoms with van der Waals surface area (Å²) in [5.74, 6) is 0. The Hall–Kier alpha value is -2.36. The molecular formula is C17H21N3O. The molecule has 21 heavy (non-hydrogen) atoms. The molecule has 1 atom stereocenters. The monoisotopic (exact) mass is 283 g/mol. The van der Waals surface area contributed by atoms with Crippen molar-refractivity contribution in [2.24, 2.45) is 0 Å². The van der Waals surface area contributed by atoms with Gasteiger partial charge in [-0.25, -0.2) is 4.79 Å². The highest BCUT2D eigenvalue weighted by Gasteiger charge is 2.10. The van der Waals surface area contributed by atoms with Crippen LogP contribution in [0.5, 0.6) is 0 Å². The summed E-state index contributed by atoms with van der Waals surface area (Å²) in [4.78, 5) is 15.7. The highest BCUT2D eigenvalue weighted by molar-refractivity contribution is 5.74. The fourth-order valence-corrected chi connectivity index (χ4v) is 2.09. The maximum Gasteiger partial charge on any atom is 0.315 e. The molecule has 0 aliphatic heterocycles. The molecular weight excluding hydrogens is 262 g/mol. The fraction of sp³-hybridized carbons (Fsp3) is 0.294. The van der Waals surface area contributed by atoms with Gasteiger partial charge in [0.1, 0.15) is 0 Å². The number of hydrogen-bond donors (Lipinski definition) is 2. The van der Waals surface area contributed by atoms with Crippen molar-refractivity contribution in [2.45, 2.75) is 32.9 Å². The first-order chi connectivity index (χ1) is 10.1. The lowest BCUT2D eigenvalue weighted by Gasteiger charge is -2.17. The minimum Gasteiger partial charge on any atom is -0.336 e. The third kappa shape index (κ3) is 4.31. The van der Waals surface area contributed by atoms with Gasteiger partial charge in [-0.15, -0.1) is 0 Å². The Balaban J connectivity index is 2.03. The van der Waals surface area contributed by atoms with Crippen LogP contribution in [-0.4, -0.2) is 17.1 Å². The van der Waals surface area contributed by atoms with Crippen LogP contribution >= 0.6 is 0 Å². The maximum atomic E-state index is 11.7. The zero-order valence-electron chi connectivity index (χ0n) is 12.6.